The number of hydrogen-bond donors (Lipinski definition) is 1. The van der Waals surface area contributed by atoms with Crippen molar-refractivity contribution in [3.05, 3.63) is 29.8 Å². The number of hydrogen-bond acceptors (Lipinski definition) is 4. The molecule has 0 radical (unpaired) electrons. The van der Waals surface area contributed by atoms with Crippen molar-refractivity contribution < 1.29 is 14.3 Å². The van der Waals surface area contributed by atoms with Gasteiger partial charge in [0.05, 0.1) is 13.5 Å². The van der Waals surface area contributed by atoms with Gasteiger partial charge in [-0.25, -0.2) is 0 Å². The smallest absolute Gasteiger partial charge is 0.308 e. The van der Waals surface area contributed by atoms with Gasteiger partial charge in [-0.2, -0.15) is 0 Å². The van der Waals surface area contributed by atoms with E-state index in [1.54, 1.807) is 7.11 Å². The molecule has 0 spiro atoms. The number of carbonyl (C=O) groups is 1. The zero-order chi connectivity index (χ0) is 13.8. The lowest BCUT2D eigenvalue weighted by Crippen LogP contribution is -2.26. The van der Waals surface area contributed by atoms with Crippen molar-refractivity contribution in [1.82, 2.24) is 0 Å². The first-order valence-corrected chi connectivity index (χ1v) is 5.93. The van der Waals surface area contributed by atoms with Crippen molar-refractivity contribution in [1.29, 1.82) is 0 Å². The van der Waals surface area contributed by atoms with Crippen LogP contribution in [0.25, 0.3) is 0 Å². The van der Waals surface area contributed by atoms with E-state index in [4.69, 9.17) is 15.2 Å². The first kappa shape index (κ1) is 14.5. The third-order valence-corrected chi connectivity index (χ3v) is 2.33. The van der Waals surface area contributed by atoms with Gasteiger partial charge < -0.3 is 15.2 Å². The van der Waals surface area contributed by atoms with Crippen LogP contribution in [-0.2, 0) is 9.53 Å². The van der Waals surface area contributed by atoms with Crippen LogP contribution in [0.4, 0.5) is 0 Å². The molecule has 1 aromatic carbocycles. The Kier molecular flexibility index (Phi) is 4.73. The van der Waals surface area contributed by atoms with Crippen LogP contribution >= 0.6 is 0 Å². The lowest BCUT2D eigenvalue weighted by Gasteiger charge is -2.21. The van der Waals surface area contributed by atoms with Gasteiger partial charge in [0.2, 0.25) is 0 Å². The highest BCUT2D eigenvalue weighted by atomic mass is 16.6. The second-order valence-corrected chi connectivity index (χ2v) is 5.17. The maximum atomic E-state index is 11.7. The van der Waals surface area contributed by atoms with Gasteiger partial charge in [0.15, 0.2) is 0 Å². The molecule has 0 aromatic heterocycles. The summed E-state index contributed by atoms with van der Waals surface area (Å²) in [6.45, 7) is 5.51. The van der Waals surface area contributed by atoms with Crippen molar-refractivity contribution >= 4 is 5.97 Å². The van der Waals surface area contributed by atoms with E-state index in [2.05, 4.69) is 0 Å². The van der Waals surface area contributed by atoms with Crippen LogP contribution in [0.15, 0.2) is 24.3 Å². The van der Waals surface area contributed by atoms with Gasteiger partial charge in [-0.3, -0.25) is 4.79 Å². The van der Waals surface area contributed by atoms with Crippen molar-refractivity contribution in [3.63, 3.8) is 0 Å². The van der Waals surface area contributed by atoms with Crippen LogP contribution < -0.4 is 10.5 Å². The Morgan fingerprint density at radius 2 is 2.06 bits per heavy atom. The molecule has 0 aliphatic heterocycles. The molecule has 0 aliphatic carbocycles. The minimum Gasteiger partial charge on any atom is -0.497 e. The highest BCUT2D eigenvalue weighted by molar-refractivity contribution is 5.71. The van der Waals surface area contributed by atoms with Gasteiger partial charge in [0.1, 0.15) is 11.4 Å². The summed E-state index contributed by atoms with van der Waals surface area (Å²) < 4.78 is 10.4. The Hall–Kier alpha value is -1.55. The van der Waals surface area contributed by atoms with Crippen LogP contribution in [0.2, 0.25) is 0 Å². The third-order valence-electron chi connectivity index (χ3n) is 2.33. The Labute approximate surface area is 108 Å². The highest BCUT2D eigenvalue weighted by Crippen LogP contribution is 2.21. The molecule has 0 saturated carbocycles. The van der Waals surface area contributed by atoms with Gasteiger partial charge in [0.25, 0.3) is 0 Å². The Morgan fingerprint density at radius 1 is 1.39 bits per heavy atom. The van der Waals surface area contributed by atoms with E-state index in [0.29, 0.717) is 0 Å². The van der Waals surface area contributed by atoms with Crippen LogP contribution in [0.5, 0.6) is 5.75 Å². The molecule has 1 aromatic rings. The molecular formula is C14H21NO3. The standard InChI is InChI=1S/C14H21NO3/c1-14(2,3)18-13(16)9-12(15)10-6-5-7-11(8-10)17-4/h5-8,12H,9,15H2,1-4H3/t12-/m1/s1. The van der Waals surface area contributed by atoms with E-state index in [-0.39, 0.29) is 18.4 Å². The van der Waals surface area contributed by atoms with Crippen LogP contribution in [0.3, 0.4) is 0 Å². The molecule has 100 valence electrons. The molecule has 1 atom stereocenters. The van der Waals surface area contributed by atoms with E-state index >= 15 is 0 Å². The van der Waals surface area contributed by atoms with E-state index in [9.17, 15) is 4.79 Å². The first-order chi connectivity index (χ1) is 8.31. The number of esters is 1. The Balaban J connectivity index is 2.64. The van der Waals surface area contributed by atoms with E-state index in [1.807, 2.05) is 45.0 Å². The topological polar surface area (TPSA) is 61.5 Å². The van der Waals surface area contributed by atoms with Crippen molar-refractivity contribution in [3.8, 4) is 5.75 Å². The molecule has 0 bridgehead atoms. The molecule has 18 heavy (non-hydrogen) atoms. The lowest BCUT2D eigenvalue weighted by molar-refractivity contribution is -0.155. The summed E-state index contributed by atoms with van der Waals surface area (Å²) in [6.07, 6.45) is 0.157. The van der Waals surface area contributed by atoms with Gasteiger partial charge in [-0.15, -0.1) is 0 Å². The maximum absolute atomic E-state index is 11.7. The molecular weight excluding hydrogens is 230 g/mol. The third kappa shape index (κ3) is 4.75. The molecule has 1 rings (SSSR count). The number of nitrogens with two attached hydrogens (primary N) is 1. The number of methoxy groups -OCH3 is 1. The highest BCUT2D eigenvalue weighted by Gasteiger charge is 2.19. The SMILES string of the molecule is COc1cccc([C@H](N)CC(=O)OC(C)(C)C)c1. The normalized spacial score (nSPS) is 12.9. The van der Waals surface area contributed by atoms with E-state index in [1.165, 1.54) is 0 Å². The van der Waals surface area contributed by atoms with Gasteiger partial charge in [-0.1, -0.05) is 12.1 Å². The van der Waals surface area contributed by atoms with Crippen LogP contribution in [-0.4, -0.2) is 18.7 Å². The summed E-state index contributed by atoms with van der Waals surface area (Å²) in [4.78, 5) is 11.7. The molecule has 0 heterocycles. The predicted molar refractivity (Wildman–Crippen MR) is 70.4 cm³/mol. The molecule has 0 fully saturated rings. The number of ether oxygens (including phenoxy) is 2. The summed E-state index contributed by atoms with van der Waals surface area (Å²) >= 11 is 0. The second kappa shape index (κ2) is 5.87. The van der Waals surface area contributed by atoms with Crippen LogP contribution in [0, 0.1) is 0 Å². The molecule has 0 saturated heterocycles. The Morgan fingerprint density at radius 3 is 2.61 bits per heavy atom. The summed E-state index contributed by atoms with van der Waals surface area (Å²) in [5.74, 6) is 0.435. The molecule has 4 heteroatoms. The average Bonchev–Trinajstić information content (AvgIpc) is 2.26. The molecule has 2 N–H and O–H groups in total. The number of benzene rings is 1. The minimum absolute atomic E-state index is 0.157. The summed E-state index contributed by atoms with van der Waals surface area (Å²) in [5.41, 5.74) is 6.36. The van der Waals surface area contributed by atoms with Crippen molar-refractivity contribution in [2.45, 2.75) is 38.8 Å². The van der Waals surface area contributed by atoms with Gasteiger partial charge in [0, 0.05) is 6.04 Å². The van der Waals surface area contributed by atoms with Crippen molar-refractivity contribution in [2.24, 2.45) is 5.73 Å². The van der Waals surface area contributed by atoms with Gasteiger partial charge in [-0.05, 0) is 38.5 Å². The quantitative estimate of drug-likeness (QED) is 0.835. The fourth-order valence-electron chi connectivity index (χ4n) is 1.55. The molecule has 4 nitrogen and oxygen atoms in total. The summed E-state index contributed by atoms with van der Waals surface area (Å²) in [5, 5.41) is 0. The molecule has 0 aliphatic rings. The second-order valence-electron chi connectivity index (χ2n) is 5.17. The Bertz CT molecular complexity index is 410. The average molecular weight is 251 g/mol. The number of rotatable bonds is 4. The fourth-order valence-corrected chi connectivity index (χ4v) is 1.55. The molecule has 0 amide bonds. The fraction of sp³-hybridized carbons (Fsp3) is 0.500. The van der Waals surface area contributed by atoms with Crippen molar-refractivity contribution in [2.75, 3.05) is 7.11 Å². The monoisotopic (exact) mass is 251 g/mol. The first-order valence-electron chi connectivity index (χ1n) is 5.93. The minimum atomic E-state index is -0.481. The number of carbonyl (C=O) groups excluding carboxylic acids is 1. The molecule has 0 unspecified atom stereocenters. The largest absolute Gasteiger partial charge is 0.497 e. The summed E-state index contributed by atoms with van der Waals surface area (Å²) in [6, 6.07) is 7.01. The maximum Gasteiger partial charge on any atom is 0.308 e. The van der Waals surface area contributed by atoms with Crippen LogP contribution in [0.1, 0.15) is 38.8 Å². The van der Waals surface area contributed by atoms with E-state index < -0.39 is 5.60 Å². The predicted octanol–water partition coefficient (Wildman–Crippen LogP) is 2.43. The van der Waals surface area contributed by atoms with Gasteiger partial charge >= 0.3 is 5.97 Å². The zero-order valence-electron chi connectivity index (χ0n) is 11.4. The lowest BCUT2D eigenvalue weighted by atomic mass is 10.0. The van der Waals surface area contributed by atoms with E-state index in [0.717, 1.165) is 11.3 Å². The summed E-state index contributed by atoms with van der Waals surface area (Å²) in [7, 11) is 1.60. The zero-order valence-corrected chi connectivity index (χ0v) is 11.4.